The maximum Gasteiger partial charge on any atom is 0.0850 e. The Morgan fingerprint density at radius 1 is 1.31 bits per heavy atom. The van der Waals surface area contributed by atoms with Crippen molar-refractivity contribution in [1.29, 1.82) is 0 Å². The molecule has 0 spiro atoms. The van der Waals surface area contributed by atoms with Gasteiger partial charge in [0.05, 0.1) is 12.0 Å². The summed E-state index contributed by atoms with van der Waals surface area (Å²) in [4.78, 5) is 2.26. The molecule has 0 aliphatic carbocycles. The van der Waals surface area contributed by atoms with Crippen molar-refractivity contribution in [3.8, 4) is 0 Å². The van der Waals surface area contributed by atoms with Gasteiger partial charge in [0.25, 0.3) is 0 Å². The van der Waals surface area contributed by atoms with Gasteiger partial charge in [-0.1, -0.05) is 18.2 Å². The highest BCUT2D eigenvalue weighted by Gasteiger charge is 2.16. The number of nitrogens with zero attached hydrogens (tertiary/aromatic N) is 1. The topological polar surface area (TPSA) is 23.5 Å². The van der Waals surface area contributed by atoms with E-state index in [1.807, 2.05) is 0 Å². The predicted octanol–water partition coefficient (Wildman–Crippen LogP) is 2.43. The van der Waals surface area contributed by atoms with Gasteiger partial charge in [0.15, 0.2) is 0 Å². The summed E-state index contributed by atoms with van der Waals surface area (Å²) >= 11 is 5.66. The minimum Gasteiger partial charge on any atom is -0.390 e. The molecule has 1 aromatic carbocycles. The average molecular weight is 240 g/mol. The van der Waals surface area contributed by atoms with Crippen LogP contribution in [0.2, 0.25) is 0 Å². The van der Waals surface area contributed by atoms with E-state index in [1.54, 1.807) is 0 Å². The van der Waals surface area contributed by atoms with Crippen LogP contribution in [0.25, 0.3) is 0 Å². The molecule has 2 rings (SSSR count). The van der Waals surface area contributed by atoms with E-state index in [1.165, 1.54) is 24.1 Å². The molecule has 1 aromatic rings. The van der Waals surface area contributed by atoms with Crippen molar-refractivity contribution >= 4 is 17.3 Å². The van der Waals surface area contributed by atoms with Gasteiger partial charge in [0.2, 0.25) is 0 Å². The number of fused-ring (bicyclic) bond motifs is 1. The first-order valence-electron chi connectivity index (χ1n) is 5.88. The fourth-order valence-corrected chi connectivity index (χ4v) is 2.36. The minimum absolute atomic E-state index is 0.304. The number of halogens is 1. The first-order valence-corrected chi connectivity index (χ1v) is 6.41. The molecule has 0 saturated carbocycles. The lowest BCUT2D eigenvalue weighted by Gasteiger charge is -2.26. The van der Waals surface area contributed by atoms with Gasteiger partial charge >= 0.3 is 0 Å². The Kier molecular flexibility index (Phi) is 4.08. The van der Waals surface area contributed by atoms with Gasteiger partial charge < -0.3 is 10.0 Å². The predicted molar refractivity (Wildman–Crippen MR) is 68.3 cm³/mol. The van der Waals surface area contributed by atoms with E-state index >= 15 is 0 Å². The standard InChI is InChI=1S/C13H18ClNO/c14-9-12(16)10-15-8-4-3-6-11-5-1-2-7-13(11)15/h1-2,5,7,12,16H,3-4,6,8-10H2. The smallest absolute Gasteiger partial charge is 0.0850 e. The summed E-state index contributed by atoms with van der Waals surface area (Å²) in [6.45, 7) is 1.66. The number of aliphatic hydroxyl groups excluding tert-OH is 1. The van der Waals surface area contributed by atoms with E-state index in [4.69, 9.17) is 11.6 Å². The Morgan fingerprint density at radius 3 is 2.94 bits per heavy atom. The van der Waals surface area contributed by atoms with Crippen LogP contribution in [-0.4, -0.2) is 30.2 Å². The van der Waals surface area contributed by atoms with Crippen LogP contribution in [0.5, 0.6) is 0 Å². The van der Waals surface area contributed by atoms with Gasteiger partial charge in [0.1, 0.15) is 0 Å². The fourth-order valence-electron chi connectivity index (χ4n) is 2.26. The monoisotopic (exact) mass is 239 g/mol. The Bertz CT molecular complexity index is 342. The fraction of sp³-hybridized carbons (Fsp3) is 0.538. The summed E-state index contributed by atoms with van der Waals surface area (Å²) in [7, 11) is 0. The Hall–Kier alpha value is -0.730. The number of para-hydroxylation sites is 1. The molecule has 1 aliphatic heterocycles. The van der Waals surface area contributed by atoms with Crippen molar-refractivity contribution in [2.24, 2.45) is 0 Å². The SMILES string of the molecule is OC(CCl)CN1CCCCc2ccccc21. The van der Waals surface area contributed by atoms with E-state index < -0.39 is 6.10 Å². The van der Waals surface area contributed by atoms with E-state index in [0.29, 0.717) is 12.4 Å². The Labute approximate surface area is 102 Å². The molecule has 1 aliphatic rings. The zero-order valence-corrected chi connectivity index (χ0v) is 10.2. The molecule has 0 fully saturated rings. The van der Waals surface area contributed by atoms with E-state index in [2.05, 4.69) is 29.2 Å². The van der Waals surface area contributed by atoms with Crippen LogP contribution in [0.1, 0.15) is 18.4 Å². The van der Waals surface area contributed by atoms with Crippen LogP contribution < -0.4 is 4.90 Å². The second-order valence-electron chi connectivity index (χ2n) is 4.34. The molecule has 1 atom stereocenters. The van der Waals surface area contributed by atoms with E-state index in [-0.39, 0.29) is 0 Å². The second kappa shape index (κ2) is 5.55. The Balaban J connectivity index is 2.19. The quantitative estimate of drug-likeness (QED) is 0.819. The number of β-amino-alcohol motifs (C(OH)–C–C–N with tert-alkyl or cyclic N) is 1. The third-order valence-electron chi connectivity index (χ3n) is 3.07. The summed E-state index contributed by atoms with van der Waals surface area (Å²) in [6.07, 6.45) is 3.12. The lowest BCUT2D eigenvalue weighted by Crippen LogP contribution is -2.34. The molecule has 1 N–H and O–H groups in total. The molecule has 16 heavy (non-hydrogen) atoms. The lowest BCUT2D eigenvalue weighted by molar-refractivity contribution is 0.203. The van der Waals surface area contributed by atoms with Gasteiger partial charge in [-0.3, -0.25) is 0 Å². The summed E-state index contributed by atoms with van der Waals surface area (Å²) in [6, 6.07) is 8.47. The van der Waals surface area contributed by atoms with Crippen molar-refractivity contribution in [1.82, 2.24) is 0 Å². The molecule has 0 saturated heterocycles. The number of hydrogen-bond acceptors (Lipinski definition) is 2. The molecule has 0 aromatic heterocycles. The molecular weight excluding hydrogens is 222 g/mol. The highest BCUT2D eigenvalue weighted by Crippen LogP contribution is 2.26. The highest BCUT2D eigenvalue weighted by atomic mass is 35.5. The minimum atomic E-state index is -0.437. The zero-order chi connectivity index (χ0) is 11.4. The number of hydrogen-bond donors (Lipinski definition) is 1. The van der Waals surface area contributed by atoms with Gasteiger partial charge in [-0.2, -0.15) is 0 Å². The normalized spacial score (nSPS) is 17.8. The van der Waals surface area contributed by atoms with Crippen LogP contribution in [0.3, 0.4) is 0 Å². The second-order valence-corrected chi connectivity index (χ2v) is 4.65. The lowest BCUT2D eigenvalue weighted by atomic mass is 10.1. The van der Waals surface area contributed by atoms with Gasteiger partial charge in [0, 0.05) is 18.8 Å². The van der Waals surface area contributed by atoms with Gasteiger partial charge in [-0.05, 0) is 30.9 Å². The molecule has 2 nitrogen and oxygen atoms in total. The third-order valence-corrected chi connectivity index (χ3v) is 3.42. The summed E-state index contributed by atoms with van der Waals surface area (Å²) in [5.41, 5.74) is 2.66. The van der Waals surface area contributed by atoms with Gasteiger partial charge in [-0.15, -0.1) is 11.6 Å². The molecule has 3 heteroatoms. The van der Waals surface area contributed by atoms with Crippen LogP contribution in [0.4, 0.5) is 5.69 Å². The highest BCUT2D eigenvalue weighted by molar-refractivity contribution is 6.18. The molecule has 88 valence electrons. The first kappa shape index (κ1) is 11.7. The number of anilines is 1. The summed E-state index contributed by atoms with van der Waals surface area (Å²) in [5.74, 6) is 0.304. The van der Waals surface area contributed by atoms with Gasteiger partial charge in [-0.25, -0.2) is 0 Å². The molecule has 0 radical (unpaired) electrons. The zero-order valence-electron chi connectivity index (χ0n) is 9.40. The maximum atomic E-state index is 9.65. The third kappa shape index (κ3) is 2.69. The van der Waals surface area contributed by atoms with Crippen LogP contribution in [0, 0.1) is 0 Å². The average Bonchev–Trinajstić information content (AvgIpc) is 2.52. The Morgan fingerprint density at radius 2 is 2.12 bits per heavy atom. The summed E-state index contributed by atoms with van der Waals surface area (Å²) < 4.78 is 0. The maximum absolute atomic E-state index is 9.65. The summed E-state index contributed by atoms with van der Waals surface area (Å²) in [5, 5.41) is 9.65. The molecule has 0 amide bonds. The molecule has 1 heterocycles. The van der Waals surface area contributed by atoms with E-state index in [9.17, 15) is 5.11 Å². The van der Waals surface area contributed by atoms with Crippen molar-refractivity contribution in [3.63, 3.8) is 0 Å². The van der Waals surface area contributed by atoms with Crippen molar-refractivity contribution in [2.45, 2.75) is 25.4 Å². The number of alkyl halides is 1. The van der Waals surface area contributed by atoms with E-state index in [0.717, 1.165) is 13.0 Å². The molecule has 0 bridgehead atoms. The van der Waals surface area contributed by atoms with Crippen LogP contribution in [0.15, 0.2) is 24.3 Å². The number of aliphatic hydroxyl groups is 1. The molecule has 1 unspecified atom stereocenters. The molecular formula is C13H18ClNO. The van der Waals surface area contributed by atoms with Crippen molar-refractivity contribution in [2.75, 3.05) is 23.9 Å². The largest absolute Gasteiger partial charge is 0.390 e. The van der Waals surface area contributed by atoms with Crippen molar-refractivity contribution in [3.05, 3.63) is 29.8 Å². The number of aryl methyl sites for hydroxylation is 1. The first-order chi connectivity index (χ1) is 7.81. The van der Waals surface area contributed by atoms with Crippen LogP contribution in [-0.2, 0) is 6.42 Å². The number of benzene rings is 1. The van der Waals surface area contributed by atoms with Crippen LogP contribution >= 0.6 is 11.6 Å². The van der Waals surface area contributed by atoms with Crippen molar-refractivity contribution < 1.29 is 5.11 Å². The number of rotatable bonds is 3.